The molecule has 0 radical (unpaired) electrons. The van der Waals surface area contributed by atoms with Crippen LogP contribution in [0.25, 0.3) is 10.2 Å². The van der Waals surface area contributed by atoms with Gasteiger partial charge in [0.05, 0.1) is 18.5 Å². The Kier molecular flexibility index (Phi) is 5.89. The Bertz CT molecular complexity index is 713. The maximum absolute atomic E-state index is 13.2. The highest BCUT2D eigenvalue weighted by molar-refractivity contribution is 7.16. The zero-order valence-electron chi connectivity index (χ0n) is 12.7. The number of thiophene rings is 1. The van der Waals surface area contributed by atoms with Crippen LogP contribution < -0.4 is 16.0 Å². The number of aromatic nitrogens is 2. The highest BCUT2D eigenvalue weighted by Crippen LogP contribution is 2.31. The lowest BCUT2D eigenvalue weighted by Gasteiger charge is -2.26. The van der Waals surface area contributed by atoms with Crippen molar-refractivity contribution in [2.24, 2.45) is 5.73 Å². The Morgan fingerprint density at radius 2 is 2.29 bits per heavy atom. The number of nitrogens with zero attached hydrogens (tertiary/aromatic N) is 3. The molecule has 2 aromatic heterocycles. The van der Waals surface area contributed by atoms with Crippen molar-refractivity contribution in [3.63, 3.8) is 0 Å². The van der Waals surface area contributed by atoms with E-state index in [1.165, 1.54) is 17.7 Å². The number of hydrogen-bond acceptors (Lipinski definition) is 6. The van der Waals surface area contributed by atoms with Crippen LogP contribution in [0.2, 0.25) is 0 Å². The maximum Gasteiger partial charge on any atom is 0.277 e. The average Bonchev–Trinajstić information content (AvgIpc) is 3.21. The molecule has 1 aliphatic heterocycles. The summed E-state index contributed by atoms with van der Waals surface area (Å²) in [5.41, 5.74) is 4.99. The van der Waals surface area contributed by atoms with Gasteiger partial charge in [0, 0.05) is 6.54 Å². The molecule has 1 unspecified atom stereocenters. The van der Waals surface area contributed by atoms with E-state index in [1.807, 2.05) is 16.3 Å². The van der Waals surface area contributed by atoms with Gasteiger partial charge in [-0.15, -0.1) is 23.7 Å². The third-order valence-corrected chi connectivity index (χ3v) is 4.71. The molecule has 24 heavy (non-hydrogen) atoms. The average molecular weight is 378 g/mol. The third kappa shape index (κ3) is 3.73. The Balaban J connectivity index is 0.00000208. The van der Waals surface area contributed by atoms with Gasteiger partial charge in [-0.25, -0.2) is 18.7 Å². The number of rotatable bonds is 5. The number of carbonyl (C=O) groups is 1. The molecule has 3 N–H and O–H groups in total. The second kappa shape index (κ2) is 7.54. The Hall–Kier alpha value is -1.58. The van der Waals surface area contributed by atoms with Crippen molar-refractivity contribution < 1.29 is 13.6 Å². The zero-order chi connectivity index (χ0) is 16.4. The van der Waals surface area contributed by atoms with Crippen molar-refractivity contribution in [2.45, 2.75) is 24.8 Å². The van der Waals surface area contributed by atoms with Crippen LogP contribution in [-0.4, -0.2) is 47.5 Å². The first-order chi connectivity index (χ1) is 11.0. The van der Waals surface area contributed by atoms with E-state index >= 15 is 0 Å². The van der Waals surface area contributed by atoms with Crippen LogP contribution in [0.5, 0.6) is 0 Å². The number of amides is 1. The monoisotopic (exact) mass is 377 g/mol. The summed E-state index contributed by atoms with van der Waals surface area (Å²) < 4.78 is 26.4. The first-order valence-electron chi connectivity index (χ1n) is 7.32. The van der Waals surface area contributed by atoms with Crippen LogP contribution in [0.1, 0.15) is 12.8 Å². The predicted molar refractivity (Wildman–Crippen MR) is 92.0 cm³/mol. The molecule has 0 aromatic carbocycles. The van der Waals surface area contributed by atoms with Crippen LogP contribution >= 0.6 is 23.7 Å². The molecule has 2 aromatic rings. The van der Waals surface area contributed by atoms with Crippen LogP contribution in [0.3, 0.4) is 0 Å². The lowest BCUT2D eigenvalue weighted by molar-refractivity contribution is -0.124. The van der Waals surface area contributed by atoms with Crippen molar-refractivity contribution >= 4 is 45.7 Å². The van der Waals surface area contributed by atoms with Gasteiger partial charge in [-0.05, 0) is 24.3 Å². The number of carbonyl (C=O) groups excluding carboxylic acids is 1. The van der Waals surface area contributed by atoms with Gasteiger partial charge in [-0.1, -0.05) is 0 Å². The summed E-state index contributed by atoms with van der Waals surface area (Å²) in [6, 6.07) is 1.41. The highest BCUT2D eigenvalue weighted by atomic mass is 35.5. The van der Waals surface area contributed by atoms with Crippen molar-refractivity contribution in [1.82, 2.24) is 15.3 Å². The molecule has 1 amide bonds. The summed E-state index contributed by atoms with van der Waals surface area (Å²) in [6.07, 6.45) is 2.88. The van der Waals surface area contributed by atoms with Crippen molar-refractivity contribution in [2.75, 3.05) is 24.5 Å². The van der Waals surface area contributed by atoms with Gasteiger partial charge in [0.25, 0.3) is 5.92 Å². The largest absolute Gasteiger partial charge is 0.348 e. The standard InChI is InChI=1S/C14H17F2N5OS.ClH/c15-14(16,6-17)7-18-12(22)10-2-1-4-21(10)11-9-3-5-23-13(9)20-8-19-11;/h3,5,8,10H,1-2,4,6-7,17H2,(H,18,22);1H. The summed E-state index contributed by atoms with van der Waals surface area (Å²) in [6.45, 7) is -0.874. The van der Waals surface area contributed by atoms with E-state index in [0.717, 1.165) is 16.6 Å². The molecule has 3 heterocycles. The van der Waals surface area contributed by atoms with Crippen molar-refractivity contribution in [1.29, 1.82) is 0 Å². The molecular weight excluding hydrogens is 360 g/mol. The first-order valence-corrected chi connectivity index (χ1v) is 8.20. The fraction of sp³-hybridized carbons (Fsp3) is 0.500. The van der Waals surface area contributed by atoms with Gasteiger partial charge in [-0.3, -0.25) is 4.79 Å². The highest BCUT2D eigenvalue weighted by Gasteiger charge is 2.35. The van der Waals surface area contributed by atoms with Gasteiger partial charge in [0.1, 0.15) is 23.0 Å². The molecule has 1 fully saturated rings. The van der Waals surface area contributed by atoms with Gasteiger partial charge in [0.15, 0.2) is 0 Å². The Morgan fingerprint density at radius 3 is 3.04 bits per heavy atom. The van der Waals surface area contributed by atoms with Crippen LogP contribution in [0, 0.1) is 0 Å². The molecule has 1 saturated heterocycles. The van der Waals surface area contributed by atoms with Gasteiger partial charge in [-0.2, -0.15) is 0 Å². The second-order valence-corrected chi connectivity index (χ2v) is 6.36. The number of fused-ring (bicyclic) bond motifs is 1. The summed E-state index contributed by atoms with van der Waals surface area (Å²) in [4.78, 5) is 23.5. The summed E-state index contributed by atoms with van der Waals surface area (Å²) >= 11 is 1.50. The normalized spacial score (nSPS) is 17.8. The van der Waals surface area contributed by atoms with Gasteiger partial charge >= 0.3 is 0 Å². The minimum Gasteiger partial charge on any atom is -0.348 e. The number of anilines is 1. The minimum absolute atomic E-state index is 0. The Labute approximate surface area is 147 Å². The SMILES string of the molecule is Cl.NCC(F)(F)CNC(=O)C1CCCN1c1ncnc2sccc12. The molecule has 0 aliphatic carbocycles. The molecule has 6 nitrogen and oxygen atoms in total. The van der Waals surface area contributed by atoms with Gasteiger partial charge < -0.3 is 16.0 Å². The topological polar surface area (TPSA) is 84.1 Å². The first kappa shape index (κ1) is 18.8. The molecule has 3 rings (SSSR count). The van der Waals surface area contributed by atoms with Gasteiger partial charge in [0.2, 0.25) is 5.91 Å². The third-order valence-electron chi connectivity index (χ3n) is 3.89. The lowest BCUT2D eigenvalue weighted by Crippen LogP contribution is -2.48. The zero-order valence-corrected chi connectivity index (χ0v) is 14.4. The molecular formula is C14H18ClF2N5OS. The smallest absolute Gasteiger partial charge is 0.277 e. The lowest BCUT2D eigenvalue weighted by atomic mass is 10.2. The van der Waals surface area contributed by atoms with E-state index in [1.54, 1.807) is 0 Å². The van der Waals surface area contributed by atoms with E-state index in [-0.39, 0.29) is 12.4 Å². The van der Waals surface area contributed by atoms with Crippen LogP contribution in [0.4, 0.5) is 14.6 Å². The molecule has 0 saturated carbocycles. The molecule has 1 atom stereocenters. The predicted octanol–water partition coefficient (Wildman–Crippen LogP) is 1.79. The quantitative estimate of drug-likeness (QED) is 0.830. The summed E-state index contributed by atoms with van der Waals surface area (Å²) in [5, 5.41) is 5.10. The summed E-state index contributed by atoms with van der Waals surface area (Å²) in [5.74, 6) is -2.83. The van der Waals surface area contributed by atoms with E-state index in [2.05, 4.69) is 15.3 Å². The minimum atomic E-state index is -3.09. The van der Waals surface area contributed by atoms with Crippen molar-refractivity contribution in [3.8, 4) is 0 Å². The van der Waals surface area contributed by atoms with E-state index in [0.29, 0.717) is 18.8 Å². The van der Waals surface area contributed by atoms with Crippen LogP contribution in [0.15, 0.2) is 17.8 Å². The van der Waals surface area contributed by atoms with E-state index < -0.39 is 31.0 Å². The fourth-order valence-corrected chi connectivity index (χ4v) is 3.43. The number of hydrogen-bond donors (Lipinski definition) is 2. The Morgan fingerprint density at radius 1 is 1.50 bits per heavy atom. The molecule has 10 heteroatoms. The fourth-order valence-electron chi connectivity index (χ4n) is 2.71. The van der Waals surface area contributed by atoms with E-state index in [9.17, 15) is 13.6 Å². The number of halogens is 3. The number of alkyl halides is 2. The molecule has 132 valence electrons. The number of nitrogens with two attached hydrogens (primary N) is 1. The maximum atomic E-state index is 13.2. The molecule has 0 bridgehead atoms. The second-order valence-electron chi connectivity index (χ2n) is 5.47. The van der Waals surface area contributed by atoms with E-state index in [4.69, 9.17) is 5.73 Å². The summed E-state index contributed by atoms with van der Waals surface area (Å²) in [7, 11) is 0. The van der Waals surface area contributed by atoms with Crippen LogP contribution in [-0.2, 0) is 4.79 Å². The van der Waals surface area contributed by atoms with Crippen molar-refractivity contribution in [3.05, 3.63) is 17.8 Å². The molecule has 1 aliphatic rings. The molecule has 0 spiro atoms. The number of nitrogens with one attached hydrogen (secondary N) is 1.